The summed E-state index contributed by atoms with van der Waals surface area (Å²) >= 11 is 0. The Labute approximate surface area is 125 Å². The summed E-state index contributed by atoms with van der Waals surface area (Å²) in [6.07, 6.45) is 5.62. The summed E-state index contributed by atoms with van der Waals surface area (Å²) in [4.78, 5) is 16.5. The average molecular weight is 292 g/mol. The number of likely N-dealkylation sites (N-methyl/N-ethyl adjacent to an activating group) is 1. The second kappa shape index (κ2) is 5.77. The third-order valence-corrected chi connectivity index (χ3v) is 4.56. The lowest BCUT2D eigenvalue weighted by Crippen LogP contribution is -2.53. The fourth-order valence-corrected chi connectivity index (χ4v) is 3.09. The van der Waals surface area contributed by atoms with E-state index in [1.54, 1.807) is 9.58 Å². The number of hydrogen-bond donors (Lipinski definition) is 1. The van der Waals surface area contributed by atoms with Gasteiger partial charge >= 0.3 is 0 Å². The summed E-state index contributed by atoms with van der Waals surface area (Å²) < 4.78 is 1.72. The molecule has 0 bridgehead atoms. The smallest absolute Gasteiger partial charge is 0.245 e. The molecule has 2 unspecified atom stereocenters. The molecule has 116 valence electrons. The molecule has 1 amide bonds. The van der Waals surface area contributed by atoms with Gasteiger partial charge in [0.15, 0.2) is 5.82 Å². The first kappa shape index (κ1) is 14.5. The van der Waals surface area contributed by atoms with Crippen LogP contribution < -0.4 is 4.90 Å². The fourth-order valence-electron chi connectivity index (χ4n) is 3.09. The van der Waals surface area contributed by atoms with Crippen LogP contribution in [0.1, 0.15) is 25.7 Å². The monoisotopic (exact) mass is 292 g/mol. The Balaban J connectivity index is 1.66. The number of aliphatic hydroxyl groups is 1. The number of carbonyl (C=O) groups is 1. The van der Waals surface area contributed by atoms with Crippen LogP contribution in [0, 0.1) is 5.92 Å². The molecule has 1 aliphatic carbocycles. The van der Waals surface area contributed by atoms with Crippen LogP contribution in [0.15, 0.2) is 12.3 Å². The second-order valence-corrected chi connectivity index (χ2v) is 6.34. The molecular formula is C15H24N4O2. The van der Waals surface area contributed by atoms with Crippen molar-refractivity contribution in [2.75, 3.05) is 25.0 Å². The molecule has 1 saturated heterocycles. The van der Waals surface area contributed by atoms with E-state index in [4.69, 9.17) is 0 Å². The van der Waals surface area contributed by atoms with Crippen LogP contribution in [0.3, 0.4) is 0 Å². The minimum absolute atomic E-state index is 0.102. The number of piperidine rings is 1. The zero-order chi connectivity index (χ0) is 15.0. The normalized spacial score (nSPS) is 24.7. The number of hydrogen-bond acceptors (Lipinski definition) is 4. The predicted molar refractivity (Wildman–Crippen MR) is 79.9 cm³/mol. The van der Waals surface area contributed by atoms with Gasteiger partial charge in [0, 0.05) is 32.4 Å². The summed E-state index contributed by atoms with van der Waals surface area (Å²) in [7, 11) is 3.80. The van der Waals surface area contributed by atoms with Gasteiger partial charge in [-0.25, -0.2) is 0 Å². The first-order chi connectivity index (χ1) is 10.1. The summed E-state index contributed by atoms with van der Waals surface area (Å²) in [5, 5.41) is 14.4. The first-order valence-corrected chi connectivity index (χ1v) is 7.75. The average Bonchev–Trinajstić information content (AvgIpc) is 3.22. The van der Waals surface area contributed by atoms with Crippen molar-refractivity contribution < 1.29 is 9.90 Å². The molecule has 2 fully saturated rings. The highest BCUT2D eigenvalue weighted by Crippen LogP contribution is 2.33. The molecule has 6 nitrogen and oxygen atoms in total. The highest BCUT2D eigenvalue weighted by atomic mass is 16.3. The van der Waals surface area contributed by atoms with E-state index in [0.717, 1.165) is 38.0 Å². The van der Waals surface area contributed by atoms with E-state index in [1.165, 1.54) is 0 Å². The number of amides is 1. The van der Waals surface area contributed by atoms with Gasteiger partial charge in [0.25, 0.3) is 0 Å². The van der Waals surface area contributed by atoms with E-state index in [9.17, 15) is 9.90 Å². The third-order valence-electron chi connectivity index (χ3n) is 4.56. The zero-order valence-corrected chi connectivity index (χ0v) is 12.8. The van der Waals surface area contributed by atoms with Crippen molar-refractivity contribution in [2.24, 2.45) is 13.0 Å². The van der Waals surface area contributed by atoms with Gasteiger partial charge in [0.2, 0.25) is 5.91 Å². The summed E-state index contributed by atoms with van der Waals surface area (Å²) in [6.45, 7) is 1.31. The molecule has 2 aliphatic rings. The van der Waals surface area contributed by atoms with Gasteiger partial charge < -0.3 is 5.11 Å². The SMILES string of the molecule is CN(CC(O)C1CC1)C1CCCN(c2ccn(C)n2)C1=O. The Kier molecular flexibility index (Phi) is 3.99. The number of anilines is 1. The molecule has 0 aromatic carbocycles. The Bertz CT molecular complexity index is 512. The maximum absolute atomic E-state index is 12.7. The van der Waals surface area contributed by atoms with Crippen LogP contribution in [0.4, 0.5) is 5.82 Å². The molecule has 3 rings (SSSR count). The molecule has 2 atom stereocenters. The van der Waals surface area contributed by atoms with Crippen molar-refractivity contribution >= 4 is 11.7 Å². The molecule has 21 heavy (non-hydrogen) atoms. The number of rotatable bonds is 5. The molecule has 1 aliphatic heterocycles. The van der Waals surface area contributed by atoms with Crippen LogP contribution in [0.25, 0.3) is 0 Å². The predicted octanol–water partition coefficient (Wildman–Crippen LogP) is 0.618. The molecule has 0 radical (unpaired) electrons. The Morgan fingerprint density at radius 2 is 2.24 bits per heavy atom. The highest BCUT2D eigenvalue weighted by Gasteiger charge is 2.36. The quantitative estimate of drug-likeness (QED) is 0.864. The van der Waals surface area contributed by atoms with Crippen molar-refractivity contribution in [3.63, 3.8) is 0 Å². The lowest BCUT2D eigenvalue weighted by molar-refractivity contribution is -0.125. The van der Waals surface area contributed by atoms with Gasteiger partial charge in [-0.05, 0) is 38.6 Å². The van der Waals surface area contributed by atoms with Crippen molar-refractivity contribution in [2.45, 2.75) is 37.8 Å². The third kappa shape index (κ3) is 3.11. The maximum Gasteiger partial charge on any atom is 0.245 e. The van der Waals surface area contributed by atoms with E-state index in [0.29, 0.717) is 12.5 Å². The molecular weight excluding hydrogens is 268 g/mol. The van der Waals surface area contributed by atoms with Crippen LogP contribution >= 0.6 is 0 Å². The topological polar surface area (TPSA) is 61.6 Å². The Hall–Kier alpha value is -1.40. The van der Waals surface area contributed by atoms with Gasteiger partial charge in [-0.2, -0.15) is 5.10 Å². The van der Waals surface area contributed by atoms with E-state index in [1.807, 2.05) is 31.3 Å². The van der Waals surface area contributed by atoms with E-state index in [-0.39, 0.29) is 18.1 Å². The van der Waals surface area contributed by atoms with Gasteiger partial charge in [0.1, 0.15) is 0 Å². The van der Waals surface area contributed by atoms with Gasteiger partial charge in [0.05, 0.1) is 12.1 Å². The van der Waals surface area contributed by atoms with E-state index < -0.39 is 0 Å². The van der Waals surface area contributed by atoms with E-state index in [2.05, 4.69) is 5.10 Å². The lowest BCUT2D eigenvalue weighted by atomic mass is 10.0. The van der Waals surface area contributed by atoms with Gasteiger partial charge in [-0.1, -0.05) is 0 Å². The summed E-state index contributed by atoms with van der Waals surface area (Å²) in [5.41, 5.74) is 0. The summed E-state index contributed by atoms with van der Waals surface area (Å²) in [5.74, 6) is 1.27. The molecule has 6 heteroatoms. The highest BCUT2D eigenvalue weighted by molar-refractivity contribution is 5.97. The molecule has 2 heterocycles. The molecule has 1 saturated carbocycles. The van der Waals surface area contributed by atoms with Crippen LogP contribution in [0.2, 0.25) is 0 Å². The first-order valence-electron chi connectivity index (χ1n) is 7.75. The number of aliphatic hydroxyl groups excluding tert-OH is 1. The number of nitrogens with zero attached hydrogens (tertiary/aromatic N) is 4. The lowest BCUT2D eigenvalue weighted by Gasteiger charge is -2.36. The number of aromatic nitrogens is 2. The second-order valence-electron chi connectivity index (χ2n) is 6.34. The molecule has 1 aromatic heterocycles. The Morgan fingerprint density at radius 1 is 1.48 bits per heavy atom. The fraction of sp³-hybridized carbons (Fsp3) is 0.733. The van der Waals surface area contributed by atoms with Gasteiger partial charge in [-0.15, -0.1) is 0 Å². The van der Waals surface area contributed by atoms with Crippen LogP contribution in [-0.4, -0.2) is 58.0 Å². The van der Waals surface area contributed by atoms with Crippen LogP contribution in [-0.2, 0) is 11.8 Å². The van der Waals surface area contributed by atoms with Gasteiger partial charge in [-0.3, -0.25) is 19.3 Å². The summed E-state index contributed by atoms with van der Waals surface area (Å²) in [6, 6.07) is 1.73. The van der Waals surface area contributed by atoms with Crippen molar-refractivity contribution in [1.82, 2.24) is 14.7 Å². The number of aryl methyl sites for hydroxylation is 1. The maximum atomic E-state index is 12.7. The minimum atomic E-state index is -0.298. The Morgan fingerprint density at radius 3 is 2.86 bits per heavy atom. The standard InChI is InChI=1S/C15H24N4O2/c1-17(10-13(20)11-5-6-11)12-4-3-8-19(15(12)21)14-7-9-18(2)16-14/h7,9,11-13,20H,3-6,8,10H2,1-2H3. The molecule has 1 N–H and O–H groups in total. The van der Waals surface area contributed by atoms with Crippen molar-refractivity contribution in [1.29, 1.82) is 0 Å². The van der Waals surface area contributed by atoms with Crippen molar-refractivity contribution in [3.8, 4) is 0 Å². The minimum Gasteiger partial charge on any atom is -0.392 e. The largest absolute Gasteiger partial charge is 0.392 e. The molecule has 0 spiro atoms. The van der Waals surface area contributed by atoms with E-state index >= 15 is 0 Å². The van der Waals surface area contributed by atoms with Crippen molar-refractivity contribution in [3.05, 3.63) is 12.3 Å². The van der Waals surface area contributed by atoms with Crippen LogP contribution in [0.5, 0.6) is 0 Å². The molecule has 1 aromatic rings. The number of carbonyl (C=O) groups excluding carboxylic acids is 1. The zero-order valence-electron chi connectivity index (χ0n) is 12.8.